The fourth-order valence-corrected chi connectivity index (χ4v) is 1.72. The Morgan fingerprint density at radius 1 is 1.05 bits per heavy atom. The minimum atomic E-state index is 0.497. The molecule has 2 rings (SSSR count). The van der Waals surface area contributed by atoms with Gasteiger partial charge in [0.25, 0.3) is 0 Å². The van der Waals surface area contributed by atoms with Gasteiger partial charge in [-0.05, 0) is 13.8 Å². The van der Waals surface area contributed by atoms with Crippen molar-refractivity contribution < 1.29 is 14.2 Å². The van der Waals surface area contributed by atoms with Gasteiger partial charge in [-0.15, -0.1) is 0 Å². The van der Waals surface area contributed by atoms with Crippen LogP contribution in [0.4, 0.5) is 5.95 Å². The van der Waals surface area contributed by atoms with Crippen LogP contribution in [-0.2, 0) is 0 Å². The second-order valence-corrected chi connectivity index (χ2v) is 4.36. The molecule has 2 aromatic rings. The van der Waals surface area contributed by atoms with Crippen LogP contribution in [-0.4, -0.2) is 30.7 Å². The highest BCUT2D eigenvalue weighted by molar-refractivity contribution is 5.44. The van der Waals surface area contributed by atoms with Crippen LogP contribution >= 0.6 is 0 Å². The first-order valence-electron chi connectivity index (χ1n) is 6.64. The van der Waals surface area contributed by atoms with Crippen LogP contribution in [0, 0.1) is 6.92 Å². The Hall–Kier alpha value is -2.50. The van der Waals surface area contributed by atoms with Gasteiger partial charge in [0.05, 0.1) is 14.2 Å². The molecule has 112 valence electrons. The summed E-state index contributed by atoms with van der Waals surface area (Å²) < 4.78 is 16.3. The highest BCUT2D eigenvalue weighted by Crippen LogP contribution is 2.31. The molecule has 0 bridgehead atoms. The largest absolute Gasteiger partial charge is 0.496 e. The van der Waals surface area contributed by atoms with E-state index in [1.165, 1.54) is 0 Å². The molecule has 6 nitrogen and oxygen atoms in total. The highest BCUT2D eigenvalue weighted by atomic mass is 16.5. The van der Waals surface area contributed by atoms with Gasteiger partial charge in [-0.1, -0.05) is 0 Å². The molecule has 0 spiro atoms. The number of hydrogen-bond acceptors (Lipinski definition) is 6. The average molecular weight is 289 g/mol. The zero-order valence-electron chi connectivity index (χ0n) is 12.6. The topological polar surface area (TPSA) is 65.5 Å². The SMILES string of the molecule is CCNc1ncc(C)c(Oc2cc(OC)cc(OC)c2)n1. The van der Waals surface area contributed by atoms with Crippen LogP contribution in [0.2, 0.25) is 0 Å². The summed E-state index contributed by atoms with van der Waals surface area (Å²) in [5.41, 5.74) is 0.846. The Labute approximate surface area is 124 Å². The van der Waals surface area contributed by atoms with Crippen molar-refractivity contribution in [2.45, 2.75) is 13.8 Å². The Kier molecular flexibility index (Phi) is 4.81. The van der Waals surface area contributed by atoms with Crippen LogP contribution in [0.3, 0.4) is 0 Å². The molecule has 0 saturated heterocycles. The molecular formula is C15H19N3O3. The van der Waals surface area contributed by atoms with Gasteiger partial charge in [0.2, 0.25) is 11.8 Å². The molecule has 0 saturated carbocycles. The predicted molar refractivity (Wildman–Crippen MR) is 80.6 cm³/mol. The number of aromatic nitrogens is 2. The predicted octanol–water partition coefficient (Wildman–Crippen LogP) is 3.03. The molecule has 1 aromatic carbocycles. The minimum Gasteiger partial charge on any atom is -0.496 e. The second-order valence-electron chi connectivity index (χ2n) is 4.36. The number of nitrogens with zero attached hydrogens (tertiary/aromatic N) is 2. The third-order valence-electron chi connectivity index (χ3n) is 2.80. The second kappa shape index (κ2) is 6.78. The maximum Gasteiger partial charge on any atom is 0.226 e. The number of ether oxygens (including phenoxy) is 3. The summed E-state index contributed by atoms with van der Waals surface area (Å²) in [5, 5.41) is 3.05. The lowest BCUT2D eigenvalue weighted by Crippen LogP contribution is -2.03. The molecule has 0 fully saturated rings. The number of hydrogen-bond donors (Lipinski definition) is 1. The van der Waals surface area contributed by atoms with Crippen molar-refractivity contribution in [3.05, 3.63) is 30.0 Å². The van der Waals surface area contributed by atoms with Gasteiger partial charge in [-0.3, -0.25) is 0 Å². The lowest BCUT2D eigenvalue weighted by Gasteiger charge is -2.11. The van der Waals surface area contributed by atoms with Gasteiger partial charge in [0.1, 0.15) is 17.2 Å². The van der Waals surface area contributed by atoms with E-state index in [4.69, 9.17) is 14.2 Å². The molecule has 6 heteroatoms. The zero-order valence-corrected chi connectivity index (χ0v) is 12.6. The first-order valence-corrected chi connectivity index (χ1v) is 6.64. The van der Waals surface area contributed by atoms with E-state index in [1.54, 1.807) is 38.6 Å². The first kappa shape index (κ1) is 14.9. The summed E-state index contributed by atoms with van der Waals surface area (Å²) in [5.74, 6) is 2.94. The molecule has 1 N–H and O–H groups in total. The van der Waals surface area contributed by atoms with Gasteiger partial charge in [-0.2, -0.15) is 4.98 Å². The molecule has 0 unspecified atom stereocenters. The molecule has 1 aromatic heterocycles. The van der Waals surface area contributed by atoms with Crippen LogP contribution in [0.25, 0.3) is 0 Å². The number of anilines is 1. The minimum absolute atomic E-state index is 0.497. The molecule has 0 radical (unpaired) electrons. The molecule has 0 atom stereocenters. The molecule has 1 heterocycles. The Morgan fingerprint density at radius 2 is 1.67 bits per heavy atom. The molecule has 0 amide bonds. The highest BCUT2D eigenvalue weighted by Gasteiger charge is 2.09. The van der Waals surface area contributed by atoms with Crippen LogP contribution in [0.1, 0.15) is 12.5 Å². The van der Waals surface area contributed by atoms with Gasteiger partial charge >= 0.3 is 0 Å². The summed E-state index contributed by atoms with van der Waals surface area (Å²) in [4.78, 5) is 8.53. The lowest BCUT2D eigenvalue weighted by molar-refractivity contribution is 0.384. The van der Waals surface area contributed by atoms with E-state index in [9.17, 15) is 0 Å². The van der Waals surface area contributed by atoms with Crippen LogP contribution in [0.15, 0.2) is 24.4 Å². The Balaban J connectivity index is 2.30. The van der Waals surface area contributed by atoms with Gasteiger partial charge in [-0.25, -0.2) is 4.98 Å². The number of aryl methyl sites for hydroxylation is 1. The van der Waals surface area contributed by atoms with E-state index >= 15 is 0 Å². The quantitative estimate of drug-likeness (QED) is 0.881. The van der Waals surface area contributed by atoms with E-state index in [0.29, 0.717) is 29.1 Å². The molecule has 0 aliphatic carbocycles. The monoisotopic (exact) mass is 289 g/mol. The third-order valence-corrected chi connectivity index (χ3v) is 2.80. The van der Waals surface area contributed by atoms with Gasteiger partial charge in [0, 0.05) is 36.5 Å². The van der Waals surface area contributed by atoms with Gasteiger partial charge in [0.15, 0.2) is 0 Å². The molecule has 0 aliphatic heterocycles. The summed E-state index contributed by atoms with van der Waals surface area (Å²) in [6.45, 7) is 4.62. The van der Waals surface area contributed by atoms with Gasteiger partial charge < -0.3 is 19.5 Å². The van der Waals surface area contributed by atoms with E-state index in [1.807, 2.05) is 13.8 Å². The summed E-state index contributed by atoms with van der Waals surface area (Å²) in [6, 6.07) is 5.33. The summed E-state index contributed by atoms with van der Waals surface area (Å²) in [7, 11) is 3.19. The van der Waals surface area contributed by atoms with E-state index < -0.39 is 0 Å². The van der Waals surface area contributed by atoms with Crippen LogP contribution < -0.4 is 19.5 Å². The molecular weight excluding hydrogens is 270 g/mol. The normalized spacial score (nSPS) is 10.1. The van der Waals surface area contributed by atoms with Crippen molar-refractivity contribution in [1.82, 2.24) is 9.97 Å². The van der Waals surface area contributed by atoms with Crippen LogP contribution in [0.5, 0.6) is 23.1 Å². The summed E-state index contributed by atoms with van der Waals surface area (Å²) >= 11 is 0. The smallest absolute Gasteiger partial charge is 0.226 e. The number of rotatable bonds is 6. The fraction of sp³-hybridized carbons (Fsp3) is 0.333. The van der Waals surface area contributed by atoms with Crippen molar-refractivity contribution in [2.24, 2.45) is 0 Å². The Bertz CT molecular complexity index is 595. The third kappa shape index (κ3) is 3.75. The number of nitrogens with one attached hydrogen (secondary N) is 1. The average Bonchev–Trinajstić information content (AvgIpc) is 2.50. The van der Waals surface area contributed by atoms with E-state index in [2.05, 4.69) is 15.3 Å². The molecule has 21 heavy (non-hydrogen) atoms. The van der Waals surface area contributed by atoms with Crippen molar-refractivity contribution >= 4 is 5.95 Å². The van der Waals surface area contributed by atoms with Crippen molar-refractivity contribution in [3.63, 3.8) is 0 Å². The fourth-order valence-electron chi connectivity index (χ4n) is 1.72. The van der Waals surface area contributed by atoms with E-state index in [0.717, 1.165) is 12.1 Å². The first-order chi connectivity index (χ1) is 10.2. The number of methoxy groups -OCH3 is 2. The number of benzene rings is 1. The van der Waals surface area contributed by atoms with Crippen molar-refractivity contribution in [3.8, 4) is 23.1 Å². The molecule has 0 aliphatic rings. The van der Waals surface area contributed by atoms with Crippen molar-refractivity contribution in [2.75, 3.05) is 26.1 Å². The maximum atomic E-state index is 5.83. The van der Waals surface area contributed by atoms with Crippen molar-refractivity contribution in [1.29, 1.82) is 0 Å². The van der Waals surface area contributed by atoms with E-state index in [-0.39, 0.29) is 0 Å². The Morgan fingerprint density at radius 3 is 2.24 bits per heavy atom. The summed E-state index contributed by atoms with van der Waals surface area (Å²) in [6.07, 6.45) is 1.72. The maximum absolute atomic E-state index is 5.83. The lowest BCUT2D eigenvalue weighted by atomic mass is 10.3. The standard InChI is InChI=1S/C15H19N3O3/c1-5-16-15-17-9-10(2)14(18-15)21-13-7-11(19-3)6-12(8-13)20-4/h6-9H,5H2,1-4H3,(H,16,17,18). The zero-order chi connectivity index (χ0) is 15.2.